The molecule has 3 rings (SSSR count). The van der Waals surface area contributed by atoms with Crippen LogP contribution in [0.15, 0.2) is 12.3 Å². The Bertz CT molecular complexity index is 620. The summed E-state index contributed by atoms with van der Waals surface area (Å²) in [7, 11) is 3.72. The SMILES string of the molecule is COCCN(C)CCN1CC2(CCN(c3ccnc(N)n3)CC2)OC1=O. The monoisotopic (exact) mass is 364 g/mol. The molecule has 0 atom stereocenters. The van der Waals surface area contributed by atoms with Crippen molar-refractivity contribution < 1.29 is 14.3 Å². The van der Waals surface area contributed by atoms with Crippen molar-refractivity contribution in [2.45, 2.75) is 18.4 Å². The van der Waals surface area contributed by atoms with E-state index < -0.39 is 0 Å². The number of anilines is 2. The molecule has 0 bridgehead atoms. The van der Waals surface area contributed by atoms with Crippen molar-refractivity contribution in [2.24, 2.45) is 0 Å². The molecule has 144 valence electrons. The first kappa shape index (κ1) is 18.7. The second kappa shape index (κ2) is 8.05. The quantitative estimate of drug-likeness (QED) is 0.744. The van der Waals surface area contributed by atoms with Gasteiger partial charge in [0, 0.05) is 58.9 Å². The van der Waals surface area contributed by atoms with Gasteiger partial charge in [0.05, 0.1) is 13.2 Å². The number of hydrogen-bond acceptors (Lipinski definition) is 8. The van der Waals surface area contributed by atoms with Crippen LogP contribution in [0.1, 0.15) is 12.8 Å². The van der Waals surface area contributed by atoms with Crippen LogP contribution in [0, 0.1) is 0 Å². The molecule has 1 spiro atoms. The molecule has 1 aromatic heterocycles. The summed E-state index contributed by atoms with van der Waals surface area (Å²) in [6, 6.07) is 1.86. The van der Waals surface area contributed by atoms with Crippen LogP contribution in [0.4, 0.5) is 16.6 Å². The van der Waals surface area contributed by atoms with Gasteiger partial charge in [-0.25, -0.2) is 9.78 Å². The second-order valence-electron chi connectivity index (χ2n) is 7.03. The maximum absolute atomic E-state index is 12.3. The number of methoxy groups -OCH3 is 1. The van der Waals surface area contributed by atoms with Crippen molar-refractivity contribution in [3.8, 4) is 0 Å². The van der Waals surface area contributed by atoms with E-state index in [-0.39, 0.29) is 17.6 Å². The number of aromatic nitrogens is 2. The Morgan fingerprint density at radius 1 is 1.38 bits per heavy atom. The number of likely N-dealkylation sites (N-methyl/N-ethyl adjacent to an activating group) is 1. The molecular weight excluding hydrogens is 336 g/mol. The molecular formula is C17H28N6O3. The molecule has 2 aliphatic heterocycles. The van der Waals surface area contributed by atoms with Crippen LogP contribution in [0.3, 0.4) is 0 Å². The molecule has 2 N–H and O–H groups in total. The van der Waals surface area contributed by atoms with Gasteiger partial charge in [0.15, 0.2) is 0 Å². The van der Waals surface area contributed by atoms with Gasteiger partial charge in [0.1, 0.15) is 11.4 Å². The minimum atomic E-state index is -0.378. The van der Waals surface area contributed by atoms with Gasteiger partial charge < -0.3 is 29.9 Å². The smallest absolute Gasteiger partial charge is 0.410 e. The molecule has 0 aromatic carbocycles. The number of carbonyl (C=O) groups is 1. The molecule has 1 amide bonds. The van der Waals surface area contributed by atoms with Crippen LogP contribution >= 0.6 is 0 Å². The van der Waals surface area contributed by atoms with Gasteiger partial charge in [0.25, 0.3) is 0 Å². The van der Waals surface area contributed by atoms with Crippen molar-refractivity contribution in [2.75, 3.05) is 70.7 Å². The van der Waals surface area contributed by atoms with E-state index >= 15 is 0 Å². The average molecular weight is 364 g/mol. The molecule has 9 nitrogen and oxygen atoms in total. The molecule has 0 radical (unpaired) electrons. The standard InChI is InChI=1S/C17H28N6O3/c1-21(11-12-25-2)9-10-23-13-17(26-16(23)24)4-7-22(8-5-17)14-3-6-19-15(18)20-14/h3,6H,4-5,7-13H2,1-2H3,(H2,18,19,20). The van der Waals surface area contributed by atoms with Crippen LogP contribution in [0.5, 0.6) is 0 Å². The highest BCUT2D eigenvalue weighted by molar-refractivity contribution is 5.70. The number of hydrogen-bond donors (Lipinski definition) is 1. The first-order valence-electron chi connectivity index (χ1n) is 9.00. The van der Waals surface area contributed by atoms with Gasteiger partial charge in [0.2, 0.25) is 5.95 Å². The average Bonchev–Trinajstić information content (AvgIpc) is 2.94. The van der Waals surface area contributed by atoms with Gasteiger partial charge in [-0.15, -0.1) is 0 Å². The van der Waals surface area contributed by atoms with Gasteiger partial charge in [-0.3, -0.25) is 0 Å². The number of piperidine rings is 1. The number of ether oxygens (including phenoxy) is 2. The van der Waals surface area contributed by atoms with Crippen molar-refractivity contribution in [3.63, 3.8) is 0 Å². The molecule has 0 saturated carbocycles. The Balaban J connectivity index is 1.50. The van der Waals surface area contributed by atoms with E-state index in [2.05, 4.69) is 19.8 Å². The van der Waals surface area contributed by atoms with E-state index in [9.17, 15) is 4.79 Å². The summed E-state index contributed by atoms with van der Waals surface area (Å²) in [5.74, 6) is 1.10. The highest BCUT2D eigenvalue weighted by Gasteiger charge is 2.46. The Labute approximate surface area is 154 Å². The number of rotatable bonds is 7. The third-order valence-electron chi connectivity index (χ3n) is 5.13. The molecule has 2 aliphatic rings. The zero-order valence-electron chi connectivity index (χ0n) is 15.6. The fourth-order valence-corrected chi connectivity index (χ4v) is 3.46. The number of carbonyl (C=O) groups excluding carboxylic acids is 1. The Morgan fingerprint density at radius 2 is 2.15 bits per heavy atom. The molecule has 2 saturated heterocycles. The molecule has 0 aliphatic carbocycles. The highest BCUT2D eigenvalue weighted by atomic mass is 16.6. The lowest BCUT2D eigenvalue weighted by Crippen LogP contribution is -2.47. The van der Waals surface area contributed by atoms with E-state index in [0.717, 1.165) is 44.8 Å². The van der Waals surface area contributed by atoms with Crippen molar-refractivity contribution in [1.29, 1.82) is 0 Å². The Kier molecular flexibility index (Phi) is 5.77. The number of nitrogen functional groups attached to an aromatic ring is 1. The van der Waals surface area contributed by atoms with Gasteiger partial charge in [-0.05, 0) is 13.1 Å². The van der Waals surface area contributed by atoms with Crippen LogP contribution in [-0.2, 0) is 9.47 Å². The summed E-state index contributed by atoms with van der Waals surface area (Å²) < 4.78 is 10.9. The number of nitrogens with two attached hydrogens (primary N) is 1. The van der Waals surface area contributed by atoms with Gasteiger partial charge in [-0.2, -0.15) is 4.98 Å². The zero-order valence-corrected chi connectivity index (χ0v) is 15.6. The van der Waals surface area contributed by atoms with Gasteiger partial charge >= 0.3 is 6.09 Å². The lowest BCUT2D eigenvalue weighted by Gasteiger charge is -2.38. The zero-order chi connectivity index (χ0) is 18.6. The van der Waals surface area contributed by atoms with Crippen molar-refractivity contribution in [3.05, 3.63) is 12.3 Å². The van der Waals surface area contributed by atoms with E-state index in [1.165, 1.54) is 0 Å². The first-order valence-corrected chi connectivity index (χ1v) is 9.00. The van der Waals surface area contributed by atoms with E-state index in [4.69, 9.17) is 15.2 Å². The fraction of sp³-hybridized carbons (Fsp3) is 0.706. The first-order chi connectivity index (χ1) is 12.5. The summed E-state index contributed by atoms with van der Waals surface area (Å²) in [4.78, 5) is 26.6. The van der Waals surface area contributed by atoms with Crippen LogP contribution in [-0.4, -0.2) is 91.5 Å². The largest absolute Gasteiger partial charge is 0.441 e. The third kappa shape index (κ3) is 4.34. The van der Waals surface area contributed by atoms with E-state index in [1.807, 2.05) is 18.0 Å². The Hall–Kier alpha value is -2.13. The molecule has 2 fully saturated rings. The fourth-order valence-electron chi connectivity index (χ4n) is 3.46. The molecule has 3 heterocycles. The molecule has 0 unspecified atom stereocenters. The summed E-state index contributed by atoms with van der Waals surface area (Å²) in [6.45, 7) is 5.24. The summed E-state index contributed by atoms with van der Waals surface area (Å²) in [5.41, 5.74) is 5.29. The third-order valence-corrected chi connectivity index (χ3v) is 5.13. The molecule has 9 heteroatoms. The normalized spacial score (nSPS) is 19.4. The van der Waals surface area contributed by atoms with Crippen molar-refractivity contribution >= 4 is 17.9 Å². The molecule has 26 heavy (non-hydrogen) atoms. The molecule has 1 aromatic rings. The lowest BCUT2D eigenvalue weighted by atomic mass is 9.91. The van der Waals surface area contributed by atoms with Crippen LogP contribution < -0.4 is 10.6 Å². The minimum absolute atomic E-state index is 0.204. The summed E-state index contributed by atoms with van der Waals surface area (Å²) in [5, 5.41) is 0. The van der Waals surface area contributed by atoms with Crippen LogP contribution in [0.2, 0.25) is 0 Å². The predicted molar refractivity (Wildman–Crippen MR) is 98.0 cm³/mol. The topological polar surface area (TPSA) is 97.1 Å². The summed E-state index contributed by atoms with van der Waals surface area (Å²) in [6.07, 6.45) is 3.04. The van der Waals surface area contributed by atoms with Crippen molar-refractivity contribution in [1.82, 2.24) is 19.8 Å². The maximum Gasteiger partial charge on any atom is 0.410 e. The second-order valence-corrected chi connectivity index (χ2v) is 7.03. The predicted octanol–water partition coefficient (Wildman–Crippen LogP) is 0.428. The summed E-state index contributed by atoms with van der Waals surface area (Å²) >= 11 is 0. The lowest BCUT2D eigenvalue weighted by molar-refractivity contribution is 0.0366. The minimum Gasteiger partial charge on any atom is -0.441 e. The van der Waals surface area contributed by atoms with Gasteiger partial charge in [-0.1, -0.05) is 0 Å². The number of amides is 1. The Morgan fingerprint density at radius 3 is 2.85 bits per heavy atom. The maximum atomic E-state index is 12.3. The van der Waals surface area contributed by atoms with E-state index in [0.29, 0.717) is 19.7 Å². The van der Waals surface area contributed by atoms with Crippen LogP contribution in [0.25, 0.3) is 0 Å². The van der Waals surface area contributed by atoms with E-state index in [1.54, 1.807) is 13.3 Å². The number of nitrogens with zero attached hydrogens (tertiary/aromatic N) is 5. The highest BCUT2D eigenvalue weighted by Crippen LogP contribution is 2.34.